The molecule has 0 aromatic heterocycles. The molecule has 0 spiro atoms. The van der Waals surface area contributed by atoms with Crippen LogP contribution >= 0.6 is 0 Å². The molecular weight excluding hydrogens is 258 g/mol. The van der Waals surface area contributed by atoms with Crippen molar-refractivity contribution < 1.29 is 5.11 Å². The summed E-state index contributed by atoms with van der Waals surface area (Å²) in [6.45, 7) is 11.6. The first kappa shape index (κ1) is 15.6. The minimum Gasteiger partial charge on any atom is -0.385 e. The number of allylic oxidation sites excluding steroid dienone is 1. The lowest BCUT2D eigenvalue weighted by molar-refractivity contribution is -0.0886. The topological polar surface area (TPSA) is 23.5 Å². The van der Waals surface area contributed by atoms with Crippen LogP contribution in [0.5, 0.6) is 0 Å². The first-order valence-corrected chi connectivity index (χ1v) is 8.78. The van der Waals surface area contributed by atoms with E-state index in [1.54, 1.807) is 5.57 Å². The number of rotatable bonds is 1. The molecule has 1 unspecified atom stereocenters. The maximum Gasteiger partial charge on any atom is 0.0942 e. The van der Waals surface area contributed by atoms with Gasteiger partial charge in [-0.3, -0.25) is 0 Å². The zero-order valence-corrected chi connectivity index (χ0v) is 14.6. The van der Waals surface area contributed by atoms with E-state index in [0.29, 0.717) is 11.3 Å². The Kier molecular flexibility index (Phi) is 3.57. The number of aliphatic hydroxyl groups is 1. The quantitative estimate of drug-likeness (QED) is 0.738. The molecule has 120 valence electrons. The van der Waals surface area contributed by atoms with Crippen LogP contribution in [0.1, 0.15) is 66.2 Å². The van der Waals surface area contributed by atoms with Gasteiger partial charge < -0.3 is 10.0 Å². The van der Waals surface area contributed by atoms with Gasteiger partial charge >= 0.3 is 0 Å². The highest BCUT2D eigenvalue weighted by atomic mass is 16.3. The largest absolute Gasteiger partial charge is 0.385 e. The standard InChI is InChI=1S/C19H33NO/c1-17(2)9-6-14-12-18(3,4)19(21,16(14)13-17)15-7-10-20(5)11-8-15/h15,21H,6-13H2,1-5H3. The molecule has 0 aromatic carbocycles. The first-order valence-electron chi connectivity index (χ1n) is 8.78. The fourth-order valence-corrected chi connectivity index (χ4v) is 5.23. The minimum atomic E-state index is -0.554. The number of nitrogens with zero attached hydrogens (tertiary/aromatic N) is 1. The third-order valence-corrected chi connectivity index (χ3v) is 6.64. The molecule has 1 fully saturated rings. The monoisotopic (exact) mass is 291 g/mol. The van der Waals surface area contributed by atoms with E-state index in [4.69, 9.17) is 0 Å². The zero-order chi connectivity index (χ0) is 15.5. The van der Waals surface area contributed by atoms with Gasteiger partial charge in [0.15, 0.2) is 0 Å². The van der Waals surface area contributed by atoms with E-state index in [-0.39, 0.29) is 5.41 Å². The summed E-state index contributed by atoms with van der Waals surface area (Å²) in [5, 5.41) is 11.9. The van der Waals surface area contributed by atoms with Crippen molar-refractivity contribution in [3.05, 3.63) is 11.1 Å². The van der Waals surface area contributed by atoms with Crippen molar-refractivity contribution in [2.24, 2.45) is 16.7 Å². The Morgan fingerprint density at radius 3 is 2.29 bits per heavy atom. The maximum atomic E-state index is 11.9. The molecule has 2 aliphatic carbocycles. The van der Waals surface area contributed by atoms with E-state index in [1.165, 1.54) is 18.4 Å². The highest BCUT2D eigenvalue weighted by molar-refractivity contribution is 5.39. The van der Waals surface area contributed by atoms with Crippen LogP contribution in [-0.4, -0.2) is 35.7 Å². The summed E-state index contributed by atoms with van der Waals surface area (Å²) in [7, 11) is 2.20. The molecule has 2 nitrogen and oxygen atoms in total. The summed E-state index contributed by atoms with van der Waals surface area (Å²) in [6, 6.07) is 0. The Balaban J connectivity index is 1.95. The molecule has 0 amide bonds. The Hall–Kier alpha value is -0.340. The van der Waals surface area contributed by atoms with Gasteiger partial charge in [0.2, 0.25) is 0 Å². The molecule has 0 radical (unpaired) electrons. The van der Waals surface area contributed by atoms with Crippen LogP contribution in [0.4, 0.5) is 0 Å². The average Bonchev–Trinajstić information content (AvgIpc) is 2.59. The van der Waals surface area contributed by atoms with Crippen LogP contribution in [0.3, 0.4) is 0 Å². The van der Waals surface area contributed by atoms with Crippen LogP contribution in [0.15, 0.2) is 11.1 Å². The van der Waals surface area contributed by atoms with E-state index in [0.717, 1.165) is 38.8 Å². The van der Waals surface area contributed by atoms with Crippen molar-refractivity contribution >= 4 is 0 Å². The summed E-state index contributed by atoms with van der Waals surface area (Å²) in [5.74, 6) is 0.449. The molecule has 21 heavy (non-hydrogen) atoms. The van der Waals surface area contributed by atoms with E-state index in [2.05, 4.69) is 39.6 Å². The fourth-order valence-electron chi connectivity index (χ4n) is 5.23. The lowest BCUT2D eigenvalue weighted by Gasteiger charge is -2.49. The minimum absolute atomic E-state index is 0.0126. The summed E-state index contributed by atoms with van der Waals surface area (Å²) in [5.41, 5.74) is 2.86. The second-order valence-electron chi connectivity index (χ2n) is 9.33. The zero-order valence-electron chi connectivity index (χ0n) is 14.6. The van der Waals surface area contributed by atoms with Crippen LogP contribution < -0.4 is 0 Å². The van der Waals surface area contributed by atoms with E-state index in [9.17, 15) is 5.11 Å². The molecule has 0 saturated carbocycles. The second kappa shape index (κ2) is 4.83. The van der Waals surface area contributed by atoms with Gasteiger partial charge in [0, 0.05) is 5.41 Å². The lowest BCUT2D eigenvalue weighted by atomic mass is 9.62. The number of hydrogen-bond acceptors (Lipinski definition) is 2. The average molecular weight is 291 g/mol. The van der Waals surface area contributed by atoms with Gasteiger partial charge in [-0.1, -0.05) is 33.3 Å². The van der Waals surface area contributed by atoms with Gasteiger partial charge in [0.25, 0.3) is 0 Å². The number of piperidine rings is 1. The number of likely N-dealkylation sites (tertiary alicyclic amines) is 1. The van der Waals surface area contributed by atoms with Crippen molar-refractivity contribution in [3.63, 3.8) is 0 Å². The van der Waals surface area contributed by atoms with Crippen LogP contribution in [0.25, 0.3) is 0 Å². The Morgan fingerprint density at radius 2 is 1.67 bits per heavy atom. The predicted octanol–water partition coefficient (Wildman–Crippen LogP) is 4.00. The molecule has 1 saturated heterocycles. The van der Waals surface area contributed by atoms with E-state index in [1.807, 2.05) is 0 Å². The van der Waals surface area contributed by atoms with Crippen molar-refractivity contribution in [2.45, 2.75) is 71.8 Å². The molecule has 1 N–H and O–H groups in total. The Labute approximate surface area is 130 Å². The lowest BCUT2D eigenvalue weighted by Crippen LogP contribution is -2.53. The summed E-state index contributed by atoms with van der Waals surface area (Å²) >= 11 is 0. The van der Waals surface area contributed by atoms with Gasteiger partial charge in [-0.25, -0.2) is 0 Å². The van der Waals surface area contributed by atoms with Crippen molar-refractivity contribution in [1.29, 1.82) is 0 Å². The van der Waals surface area contributed by atoms with Gasteiger partial charge in [-0.2, -0.15) is 0 Å². The van der Waals surface area contributed by atoms with Gasteiger partial charge in [0.05, 0.1) is 5.60 Å². The van der Waals surface area contributed by atoms with Crippen LogP contribution in [0.2, 0.25) is 0 Å². The predicted molar refractivity (Wildman–Crippen MR) is 88.2 cm³/mol. The van der Waals surface area contributed by atoms with Crippen LogP contribution in [0, 0.1) is 16.7 Å². The second-order valence-corrected chi connectivity index (χ2v) is 9.33. The van der Waals surface area contributed by atoms with Gasteiger partial charge in [-0.05, 0) is 75.6 Å². The van der Waals surface area contributed by atoms with E-state index < -0.39 is 5.60 Å². The molecule has 2 heteroatoms. The highest BCUT2D eigenvalue weighted by Gasteiger charge is 2.58. The fraction of sp³-hybridized carbons (Fsp3) is 0.895. The third-order valence-electron chi connectivity index (χ3n) is 6.64. The molecule has 1 atom stereocenters. The van der Waals surface area contributed by atoms with Crippen molar-refractivity contribution in [3.8, 4) is 0 Å². The van der Waals surface area contributed by atoms with Crippen LogP contribution in [-0.2, 0) is 0 Å². The van der Waals surface area contributed by atoms with E-state index >= 15 is 0 Å². The Morgan fingerprint density at radius 1 is 1.05 bits per heavy atom. The molecule has 1 aliphatic heterocycles. The molecular formula is C19H33NO. The molecule has 0 aromatic rings. The molecule has 0 bridgehead atoms. The maximum absolute atomic E-state index is 11.9. The van der Waals surface area contributed by atoms with Crippen molar-refractivity contribution in [2.75, 3.05) is 20.1 Å². The summed E-state index contributed by atoms with van der Waals surface area (Å²) < 4.78 is 0. The summed E-state index contributed by atoms with van der Waals surface area (Å²) in [6.07, 6.45) is 7.00. The Bertz CT molecular complexity index is 454. The molecule has 3 aliphatic rings. The first-order chi connectivity index (χ1) is 9.66. The van der Waals surface area contributed by atoms with Crippen molar-refractivity contribution in [1.82, 2.24) is 4.90 Å². The highest BCUT2D eigenvalue weighted by Crippen LogP contribution is 2.60. The normalized spacial score (nSPS) is 36.9. The number of hydrogen-bond donors (Lipinski definition) is 1. The van der Waals surface area contributed by atoms with Gasteiger partial charge in [-0.15, -0.1) is 0 Å². The smallest absolute Gasteiger partial charge is 0.0942 e. The molecule has 3 rings (SSSR count). The molecule has 1 heterocycles. The third kappa shape index (κ3) is 2.39. The van der Waals surface area contributed by atoms with Gasteiger partial charge in [0.1, 0.15) is 0 Å². The summed E-state index contributed by atoms with van der Waals surface area (Å²) in [4.78, 5) is 2.40. The SMILES string of the molecule is CN1CCC(C2(O)C3=C(CCC(C)(C)C3)CC2(C)C)CC1.